The molecule has 0 saturated heterocycles. The number of amides is 2. The topological polar surface area (TPSA) is 46.5 Å². The summed E-state index contributed by atoms with van der Waals surface area (Å²) in [6.07, 6.45) is 7.75. The van der Waals surface area contributed by atoms with E-state index in [0.29, 0.717) is 19.7 Å². The predicted octanol–water partition coefficient (Wildman–Crippen LogP) is 5.38. The molecular weight excluding hydrogens is 418 g/mol. The first-order valence-electron chi connectivity index (χ1n) is 11.6. The van der Waals surface area contributed by atoms with Crippen molar-refractivity contribution in [2.75, 3.05) is 20.3 Å². The molecule has 0 saturated carbocycles. The fourth-order valence-corrected chi connectivity index (χ4v) is 6.40. The van der Waals surface area contributed by atoms with E-state index >= 15 is 0 Å². The van der Waals surface area contributed by atoms with Crippen molar-refractivity contribution in [3.05, 3.63) is 75.4 Å². The highest BCUT2D eigenvalue weighted by Gasteiger charge is 2.35. The summed E-state index contributed by atoms with van der Waals surface area (Å²) in [6, 6.07) is 12.7. The van der Waals surface area contributed by atoms with Gasteiger partial charge >= 0.3 is 6.03 Å². The minimum absolute atomic E-state index is 0.0111. The lowest BCUT2D eigenvalue weighted by Crippen LogP contribution is -2.42. The summed E-state index contributed by atoms with van der Waals surface area (Å²) in [5.74, 6) is 0. The Morgan fingerprint density at radius 2 is 1.97 bits per heavy atom. The van der Waals surface area contributed by atoms with Crippen LogP contribution >= 0.6 is 11.3 Å². The molecule has 168 valence electrons. The van der Waals surface area contributed by atoms with Crippen LogP contribution in [0.4, 0.5) is 4.79 Å². The van der Waals surface area contributed by atoms with Crippen molar-refractivity contribution in [1.82, 2.24) is 14.8 Å². The number of rotatable bonds is 5. The number of aromatic nitrogens is 1. The molecule has 3 heterocycles. The van der Waals surface area contributed by atoms with Crippen molar-refractivity contribution >= 4 is 17.4 Å². The zero-order valence-corrected chi connectivity index (χ0v) is 19.7. The first-order chi connectivity index (χ1) is 15.7. The Kier molecular flexibility index (Phi) is 6.07. The van der Waals surface area contributed by atoms with E-state index in [2.05, 4.69) is 59.4 Å². The van der Waals surface area contributed by atoms with E-state index in [9.17, 15) is 4.79 Å². The van der Waals surface area contributed by atoms with Crippen molar-refractivity contribution < 1.29 is 9.53 Å². The van der Waals surface area contributed by atoms with Gasteiger partial charge < -0.3 is 19.5 Å². The van der Waals surface area contributed by atoms with Crippen molar-refractivity contribution in [3.8, 4) is 5.00 Å². The molecule has 0 spiro atoms. The van der Waals surface area contributed by atoms with Gasteiger partial charge in [0.05, 0.1) is 18.3 Å². The van der Waals surface area contributed by atoms with Crippen LogP contribution in [0, 0.1) is 6.92 Å². The van der Waals surface area contributed by atoms with E-state index in [1.165, 1.54) is 39.4 Å². The molecule has 1 aliphatic heterocycles. The Bertz CT molecular complexity index is 1100. The van der Waals surface area contributed by atoms with Crippen LogP contribution in [0.25, 0.3) is 5.00 Å². The largest absolute Gasteiger partial charge is 0.385 e. The van der Waals surface area contributed by atoms with E-state index in [4.69, 9.17) is 4.74 Å². The fraction of sp³-hybridized carbons (Fsp3) is 0.423. The number of urea groups is 1. The molecule has 0 fully saturated rings. The Morgan fingerprint density at radius 3 is 2.78 bits per heavy atom. The number of carbonyl (C=O) groups is 1. The number of nitrogens with zero attached hydrogens (tertiary/aromatic N) is 2. The van der Waals surface area contributed by atoms with Gasteiger partial charge in [-0.2, -0.15) is 0 Å². The second kappa shape index (κ2) is 9.12. The Morgan fingerprint density at radius 1 is 1.16 bits per heavy atom. The monoisotopic (exact) mass is 449 g/mol. The Hall–Kier alpha value is -2.57. The van der Waals surface area contributed by atoms with Crippen LogP contribution in [0.1, 0.15) is 58.1 Å². The van der Waals surface area contributed by atoms with Crippen LogP contribution in [0.5, 0.6) is 0 Å². The molecule has 0 unspecified atom stereocenters. The maximum Gasteiger partial charge on any atom is 0.318 e. The summed E-state index contributed by atoms with van der Waals surface area (Å²) in [5.41, 5.74) is 6.34. The van der Waals surface area contributed by atoms with Crippen LogP contribution in [-0.2, 0) is 24.1 Å². The van der Waals surface area contributed by atoms with Crippen LogP contribution in [0.3, 0.4) is 0 Å². The van der Waals surface area contributed by atoms with Crippen LogP contribution < -0.4 is 5.32 Å². The Balaban J connectivity index is 1.59. The molecule has 3 aromatic rings. The highest BCUT2D eigenvalue weighted by Crippen LogP contribution is 2.43. The molecule has 2 aliphatic rings. The van der Waals surface area contributed by atoms with E-state index in [0.717, 1.165) is 30.5 Å². The highest BCUT2D eigenvalue weighted by molar-refractivity contribution is 7.15. The lowest BCUT2D eigenvalue weighted by atomic mass is 9.95. The van der Waals surface area contributed by atoms with Gasteiger partial charge in [-0.15, -0.1) is 11.3 Å². The third-order valence-corrected chi connectivity index (χ3v) is 7.97. The number of benzene rings is 1. The molecular formula is C26H31N3O2S. The molecule has 5 nitrogen and oxygen atoms in total. The second-order valence-electron chi connectivity index (χ2n) is 8.82. The van der Waals surface area contributed by atoms with Gasteiger partial charge in [0.1, 0.15) is 5.00 Å². The third kappa shape index (κ3) is 3.86. The number of thiophene rings is 1. The van der Waals surface area contributed by atoms with Crippen molar-refractivity contribution in [3.63, 3.8) is 0 Å². The molecule has 2 aromatic heterocycles. The number of hydrogen-bond acceptors (Lipinski definition) is 3. The van der Waals surface area contributed by atoms with Gasteiger partial charge in [0.2, 0.25) is 0 Å². The number of hydrogen-bond donors (Lipinski definition) is 1. The Labute approximate surface area is 194 Å². The first-order valence-corrected chi connectivity index (χ1v) is 12.4. The molecule has 0 radical (unpaired) electrons. The molecule has 1 aromatic carbocycles. The van der Waals surface area contributed by atoms with E-state index in [1.54, 1.807) is 7.11 Å². The summed E-state index contributed by atoms with van der Waals surface area (Å²) in [5, 5.41) is 4.45. The van der Waals surface area contributed by atoms with Crippen LogP contribution in [-0.4, -0.2) is 35.8 Å². The van der Waals surface area contributed by atoms with E-state index < -0.39 is 0 Å². The SMILES string of the molecule is COCCCNC(=O)N1Cc2c(sc3c2CCCC3)-n2cccc2[C@@H]1c1ccc(C)cc1. The minimum Gasteiger partial charge on any atom is -0.385 e. The maximum atomic E-state index is 13.6. The standard InChI is InChI=1S/C26H31N3O2S/c1-18-10-12-19(13-11-18)24-22-8-5-15-28(22)25-21(20-7-3-4-9-23(20)32-25)17-29(24)26(30)27-14-6-16-31-2/h5,8,10-13,15,24H,3-4,6-7,9,14,16-17H2,1-2H3,(H,27,30)/t24-/m0/s1. The number of methoxy groups -OCH3 is 1. The lowest BCUT2D eigenvalue weighted by molar-refractivity contribution is 0.174. The number of nitrogens with one attached hydrogen (secondary N) is 1. The van der Waals surface area contributed by atoms with Gasteiger partial charge in [-0.05, 0) is 62.3 Å². The maximum absolute atomic E-state index is 13.6. The zero-order chi connectivity index (χ0) is 22.1. The number of carbonyl (C=O) groups excluding carboxylic acids is 1. The molecule has 1 aliphatic carbocycles. The summed E-state index contributed by atoms with van der Waals surface area (Å²) in [7, 11) is 1.69. The summed E-state index contributed by atoms with van der Waals surface area (Å²) in [4.78, 5) is 17.1. The smallest absolute Gasteiger partial charge is 0.318 e. The summed E-state index contributed by atoms with van der Waals surface area (Å²) >= 11 is 1.92. The molecule has 6 heteroatoms. The van der Waals surface area contributed by atoms with Crippen molar-refractivity contribution in [2.24, 2.45) is 0 Å². The van der Waals surface area contributed by atoms with Crippen LogP contribution in [0.2, 0.25) is 0 Å². The van der Waals surface area contributed by atoms with Gasteiger partial charge in [-0.25, -0.2) is 4.79 Å². The molecule has 32 heavy (non-hydrogen) atoms. The molecule has 0 bridgehead atoms. The van der Waals surface area contributed by atoms with Gasteiger partial charge in [-0.3, -0.25) is 0 Å². The quantitative estimate of drug-likeness (QED) is 0.532. The van der Waals surface area contributed by atoms with Gasteiger partial charge in [0, 0.05) is 36.9 Å². The average Bonchev–Trinajstić information content (AvgIpc) is 3.39. The first kappa shape index (κ1) is 21.3. The highest BCUT2D eigenvalue weighted by atomic mass is 32.1. The molecule has 5 rings (SSSR count). The average molecular weight is 450 g/mol. The lowest BCUT2D eigenvalue weighted by Gasteiger charge is -2.31. The zero-order valence-electron chi connectivity index (χ0n) is 18.9. The van der Waals surface area contributed by atoms with Crippen molar-refractivity contribution in [1.29, 1.82) is 0 Å². The normalized spacial score (nSPS) is 17.3. The second-order valence-corrected chi connectivity index (χ2v) is 9.90. The summed E-state index contributed by atoms with van der Waals surface area (Å²) < 4.78 is 7.49. The third-order valence-electron chi connectivity index (χ3n) is 6.63. The summed E-state index contributed by atoms with van der Waals surface area (Å²) in [6.45, 7) is 3.99. The van der Waals surface area contributed by atoms with Gasteiger partial charge in [0.15, 0.2) is 0 Å². The fourth-order valence-electron chi connectivity index (χ4n) is 5.00. The predicted molar refractivity (Wildman–Crippen MR) is 129 cm³/mol. The number of fused-ring (bicyclic) bond motifs is 5. The van der Waals surface area contributed by atoms with E-state index in [-0.39, 0.29) is 12.1 Å². The van der Waals surface area contributed by atoms with Gasteiger partial charge in [0.25, 0.3) is 0 Å². The van der Waals surface area contributed by atoms with Crippen LogP contribution in [0.15, 0.2) is 42.6 Å². The molecule has 1 N–H and O–H groups in total. The van der Waals surface area contributed by atoms with Gasteiger partial charge in [-0.1, -0.05) is 29.8 Å². The molecule has 1 atom stereocenters. The number of ether oxygens (including phenoxy) is 1. The molecule has 2 amide bonds. The van der Waals surface area contributed by atoms with Crippen molar-refractivity contribution in [2.45, 2.75) is 51.6 Å². The van der Waals surface area contributed by atoms with E-state index in [1.807, 2.05) is 16.2 Å². The minimum atomic E-state index is -0.133. The number of aryl methyl sites for hydroxylation is 2.